The molecule has 0 saturated carbocycles. The molecular weight excluding hydrogens is 388 g/mol. The van der Waals surface area contributed by atoms with Crippen LogP contribution < -0.4 is 5.32 Å². The number of rotatable bonds is 7. The number of hydrogen-bond acceptors (Lipinski definition) is 3. The summed E-state index contributed by atoms with van der Waals surface area (Å²) in [6.45, 7) is 5.91. The first kappa shape index (κ1) is 21.1. The molecule has 0 spiro atoms. The number of aryl methyl sites for hydroxylation is 1. The smallest absolute Gasteiger partial charge is 0.234 e. The molecule has 162 valence electrons. The first-order valence-corrected chi connectivity index (χ1v) is 11.0. The van der Waals surface area contributed by atoms with E-state index in [0.717, 1.165) is 36.0 Å². The SMILES string of the molecule is Cc1ccccc1CCNC(=O)CN1CCN(C(=O)Cc2c[nH]c3ccccc23)CC1. The molecule has 6 nitrogen and oxygen atoms in total. The van der Waals surface area contributed by atoms with Crippen molar-refractivity contribution < 1.29 is 9.59 Å². The van der Waals surface area contributed by atoms with Crippen LogP contribution in [-0.2, 0) is 22.4 Å². The van der Waals surface area contributed by atoms with Gasteiger partial charge in [0.15, 0.2) is 0 Å². The molecule has 1 aliphatic heterocycles. The highest BCUT2D eigenvalue weighted by Crippen LogP contribution is 2.19. The maximum atomic E-state index is 12.8. The molecule has 0 bridgehead atoms. The Balaban J connectivity index is 1.19. The van der Waals surface area contributed by atoms with Gasteiger partial charge in [-0.2, -0.15) is 0 Å². The molecule has 31 heavy (non-hydrogen) atoms. The van der Waals surface area contributed by atoms with Crippen LogP contribution in [0.1, 0.15) is 16.7 Å². The lowest BCUT2D eigenvalue weighted by molar-refractivity contribution is -0.132. The van der Waals surface area contributed by atoms with Gasteiger partial charge in [0.25, 0.3) is 0 Å². The van der Waals surface area contributed by atoms with E-state index in [-0.39, 0.29) is 11.8 Å². The molecular formula is C25H30N4O2. The fourth-order valence-corrected chi connectivity index (χ4v) is 4.19. The number of piperazine rings is 1. The number of para-hydroxylation sites is 1. The van der Waals surface area contributed by atoms with E-state index in [0.29, 0.717) is 32.6 Å². The van der Waals surface area contributed by atoms with Gasteiger partial charge in [0, 0.05) is 49.8 Å². The number of H-pyrrole nitrogens is 1. The van der Waals surface area contributed by atoms with Crippen LogP contribution >= 0.6 is 0 Å². The Bertz CT molecular complexity index is 1050. The third-order valence-corrected chi connectivity index (χ3v) is 6.09. The highest BCUT2D eigenvalue weighted by atomic mass is 16.2. The van der Waals surface area contributed by atoms with E-state index < -0.39 is 0 Å². The molecule has 0 atom stereocenters. The number of carbonyl (C=O) groups excluding carboxylic acids is 2. The Morgan fingerprint density at radius 2 is 1.71 bits per heavy atom. The number of nitrogens with zero attached hydrogens (tertiary/aromatic N) is 2. The largest absolute Gasteiger partial charge is 0.361 e. The Hall–Kier alpha value is -3.12. The van der Waals surface area contributed by atoms with Crippen LogP contribution in [0.4, 0.5) is 0 Å². The van der Waals surface area contributed by atoms with E-state index in [1.165, 1.54) is 11.1 Å². The van der Waals surface area contributed by atoms with Crippen molar-refractivity contribution in [3.63, 3.8) is 0 Å². The van der Waals surface area contributed by atoms with Crippen LogP contribution in [0.3, 0.4) is 0 Å². The summed E-state index contributed by atoms with van der Waals surface area (Å²) in [4.78, 5) is 32.3. The predicted octanol–water partition coefficient (Wildman–Crippen LogP) is 2.52. The van der Waals surface area contributed by atoms with Crippen molar-refractivity contribution in [2.24, 2.45) is 0 Å². The molecule has 0 unspecified atom stereocenters. The van der Waals surface area contributed by atoms with E-state index >= 15 is 0 Å². The van der Waals surface area contributed by atoms with Crippen molar-refractivity contribution >= 4 is 22.7 Å². The number of carbonyl (C=O) groups is 2. The van der Waals surface area contributed by atoms with Gasteiger partial charge >= 0.3 is 0 Å². The summed E-state index contributed by atoms with van der Waals surface area (Å²) in [7, 11) is 0. The maximum absolute atomic E-state index is 12.8. The van der Waals surface area contributed by atoms with Crippen LogP contribution in [0.25, 0.3) is 10.9 Å². The van der Waals surface area contributed by atoms with Crippen molar-refractivity contribution in [2.75, 3.05) is 39.3 Å². The lowest BCUT2D eigenvalue weighted by Crippen LogP contribution is -2.51. The van der Waals surface area contributed by atoms with E-state index in [1.54, 1.807) is 0 Å². The summed E-state index contributed by atoms with van der Waals surface area (Å²) in [5.41, 5.74) is 4.62. The standard InChI is InChI=1S/C25H30N4O2/c1-19-6-2-3-7-20(19)10-11-26-24(30)18-28-12-14-29(15-13-28)25(31)16-21-17-27-23-9-5-4-8-22(21)23/h2-9,17,27H,10-16,18H2,1H3,(H,26,30). The van der Waals surface area contributed by atoms with Gasteiger partial charge in [-0.05, 0) is 36.1 Å². The topological polar surface area (TPSA) is 68.4 Å². The molecule has 6 heteroatoms. The van der Waals surface area contributed by atoms with Crippen LogP contribution in [0.2, 0.25) is 0 Å². The van der Waals surface area contributed by atoms with Crippen molar-refractivity contribution in [1.29, 1.82) is 0 Å². The number of amides is 2. The minimum Gasteiger partial charge on any atom is -0.361 e. The summed E-state index contributed by atoms with van der Waals surface area (Å²) in [5.74, 6) is 0.194. The second-order valence-corrected chi connectivity index (χ2v) is 8.22. The van der Waals surface area contributed by atoms with Crippen molar-refractivity contribution in [3.05, 3.63) is 71.4 Å². The molecule has 2 heterocycles. The minimum absolute atomic E-state index is 0.0483. The van der Waals surface area contributed by atoms with Crippen molar-refractivity contribution in [1.82, 2.24) is 20.1 Å². The number of aromatic nitrogens is 1. The molecule has 1 aliphatic rings. The minimum atomic E-state index is 0.0483. The molecule has 1 aromatic heterocycles. The third kappa shape index (κ3) is 5.33. The summed E-state index contributed by atoms with van der Waals surface area (Å²) in [6, 6.07) is 16.3. The summed E-state index contributed by atoms with van der Waals surface area (Å²) >= 11 is 0. The number of benzene rings is 2. The lowest BCUT2D eigenvalue weighted by Gasteiger charge is -2.34. The zero-order chi connectivity index (χ0) is 21.6. The van der Waals surface area contributed by atoms with Gasteiger partial charge in [-0.1, -0.05) is 42.5 Å². The maximum Gasteiger partial charge on any atom is 0.234 e. The molecule has 0 radical (unpaired) electrons. The lowest BCUT2D eigenvalue weighted by atomic mass is 10.1. The molecule has 1 saturated heterocycles. The Kier molecular flexibility index (Phi) is 6.67. The zero-order valence-corrected chi connectivity index (χ0v) is 18.1. The third-order valence-electron chi connectivity index (χ3n) is 6.09. The molecule has 0 aliphatic carbocycles. The van der Waals surface area contributed by atoms with E-state index in [1.807, 2.05) is 47.5 Å². The van der Waals surface area contributed by atoms with Gasteiger partial charge < -0.3 is 15.2 Å². The van der Waals surface area contributed by atoms with E-state index in [2.05, 4.69) is 34.3 Å². The first-order chi connectivity index (χ1) is 15.1. The quantitative estimate of drug-likeness (QED) is 0.620. The van der Waals surface area contributed by atoms with Crippen LogP contribution in [0.15, 0.2) is 54.7 Å². The average Bonchev–Trinajstić information content (AvgIpc) is 3.18. The molecule has 3 aromatic rings. The summed E-state index contributed by atoms with van der Waals surface area (Å²) < 4.78 is 0. The Morgan fingerprint density at radius 1 is 0.968 bits per heavy atom. The van der Waals surface area contributed by atoms with E-state index in [4.69, 9.17) is 0 Å². The number of hydrogen-bond donors (Lipinski definition) is 2. The van der Waals surface area contributed by atoms with Crippen LogP contribution in [-0.4, -0.2) is 65.9 Å². The van der Waals surface area contributed by atoms with Crippen molar-refractivity contribution in [3.8, 4) is 0 Å². The molecule has 2 amide bonds. The number of nitrogens with one attached hydrogen (secondary N) is 2. The Morgan fingerprint density at radius 3 is 2.52 bits per heavy atom. The van der Waals surface area contributed by atoms with Gasteiger partial charge in [-0.3, -0.25) is 14.5 Å². The summed E-state index contributed by atoms with van der Waals surface area (Å²) in [5, 5.41) is 4.13. The monoisotopic (exact) mass is 418 g/mol. The molecule has 1 fully saturated rings. The normalized spacial score (nSPS) is 14.7. The predicted molar refractivity (Wildman–Crippen MR) is 123 cm³/mol. The number of aromatic amines is 1. The summed E-state index contributed by atoms with van der Waals surface area (Å²) in [6.07, 6.45) is 3.18. The number of fused-ring (bicyclic) bond motifs is 1. The fourth-order valence-electron chi connectivity index (χ4n) is 4.19. The van der Waals surface area contributed by atoms with Gasteiger partial charge in [0.2, 0.25) is 11.8 Å². The molecule has 4 rings (SSSR count). The molecule has 2 N–H and O–H groups in total. The van der Waals surface area contributed by atoms with E-state index in [9.17, 15) is 9.59 Å². The highest BCUT2D eigenvalue weighted by Gasteiger charge is 2.23. The van der Waals surface area contributed by atoms with Crippen molar-refractivity contribution in [2.45, 2.75) is 19.8 Å². The van der Waals surface area contributed by atoms with Crippen LogP contribution in [0, 0.1) is 6.92 Å². The zero-order valence-electron chi connectivity index (χ0n) is 18.1. The van der Waals surface area contributed by atoms with Gasteiger partial charge in [0.1, 0.15) is 0 Å². The molecule has 2 aromatic carbocycles. The Labute approximate surface area is 183 Å². The fraction of sp³-hybridized carbons (Fsp3) is 0.360. The van der Waals surface area contributed by atoms with Crippen LogP contribution in [0.5, 0.6) is 0 Å². The van der Waals surface area contributed by atoms with Gasteiger partial charge in [-0.25, -0.2) is 0 Å². The average molecular weight is 419 g/mol. The highest BCUT2D eigenvalue weighted by molar-refractivity contribution is 5.89. The second kappa shape index (κ2) is 9.79. The second-order valence-electron chi connectivity index (χ2n) is 8.22. The first-order valence-electron chi connectivity index (χ1n) is 11.0. The van der Waals surface area contributed by atoms with Gasteiger partial charge in [0.05, 0.1) is 13.0 Å². The van der Waals surface area contributed by atoms with Gasteiger partial charge in [-0.15, -0.1) is 0 Å².